The van der Waals surface area contributed by atoms with E-state index in [-0.39, 0.29) is 11.5 Å². The van der Waals surface area contributed by atoms with Crippen LogP contribution in [0.2, 0.25) is 0 Å². The number of nitrogens with one attached hydrogen (secondary N) is 2. The Hall–Kier alpha value is -3.07. The average molecular weight is 313 g/mol. The molecule has 0 bridgehead atoms. The Kier molecular flexibility index (Phi) is 5.53. The summed E-state index contributed by atoms with van der Waals surface area (Å²) < 4.78 is 19.2. The van der Waals surface area contributed by atoms with Crippen LogP contribution in [0.15, 0.2) is 42.5 Å². The fourth-order valence-electron chi connectivity index (χ4n) is 1.95. The Labute approximate surface area is 133 Å². The van der Waals surface area contributed by atoms with Crippen molar-refractivity contribution in [2.75, 3.05) is 23.8 Å². The van der Waals surface area contributed by atoms with Gasteiger partial charge in [-0.1, -0.05) is 6.07 Å². The molecule has 118 valence electrons. The van der Waals surface area contributed by atoms with Crippen LogP contribution in [0.5, 0.6) is 5.75 Å². The highest BCUT2D eigenvalue weighted by Gasteiger charge is 2.03. The maximum Gasteiger partial charge on any atom is 0.221 e. The standard InChI is InChI=1S/C17H16FN3O2/c1-12(22)21-14-3-2-4-15(10-14)23-8-7-20-17-6-5-13(11-19)9-16(17)18/h2-6,9-10,20H,7-8H2,1H3,(H,21,22). The molecule has 23 heavy (non-hydrogen) atoms. The molecule has 5 nitrogen and oxygen atoms in total. The second-order valence-corrected chi connectivity index (χ2v) is 4.79. The summed E-state index contributed by atoms with van der Waals surface area (Å²) in [5, 5.41) is 14.3. The molecule has 1 amide bonds. The van der Waals surface area contributed by atoms with Crippen LogP contribution in [0.4, 0.5) is 15.8 Å². The van der Waals surface area contributed by atoms with Crippen molar-refractivity contribution in [3.05, 3.63) is 53.8 Å². The number of anilines is 2. The number of hydrogen-bond acceptors (Lipinski definition) is 4. The number of carbonyl (C=O) groups is 1. The molecule has 0 aliphatic heterocycles. The van der Waals surface area contributed by atoms with Crippen LogP contribution in [0.25, 0.3) is 0 Å². The van der Waals surface area contributed by atoms with E-state index in [0.29, 0.717) is 30.3 Å². The molecule has 2 N–H and O–H groups in total. The highest BCUT2D eigenvalue weighted by atomic mass is 19.1. The average Bonchev–Trinajstić information content (AvgIpc) is 2.52. The second-order valence-electron chi connectivity index (χ2n) is 4.79. The Morgan fingerprint density at radius 3 is 2.83 bits per heavy atom. The van der Waals surface area contributed by atoms with E-state index in [1.807, 2.05) is 6.07 Å². The van der Waals surface area contributed by atoms with Crippen molar-refractivity contribution in [3.63, 3.8) is 0 Å². The van der Waals surface area contributed by atoms with Gasteiger partial charge in [-0.2, -0.15) is 5.26 Å². The van der Waals surface area contributed by atoms with Gasteiger partial charge in [0.05, 0.1) is 17.3 Å². The van der Waals surface area contributed by atoms with Crippen molar-refractivity contribution >= 4 is 17.3 Å². The van der Waals surface area contributed by atoms with E-state index in [1.54, 1.807) is 30.3 Å². The van der Waals surface area contributed by atoms with E-state index in [2.05, 4.69) is 10.6 Å². The highest BCUT2D eigenvalue weighted by molar-refractivity contribution is 5.88. The summed E-state index contributed by atoms with van der Waals surface area (Å²) in [6.07, 6.45) is 0. The molecule has 2 rings (SSSR count). The summed E-state index contributed by atoms with van der Waals surface area (Å²) in [6, 6.07) is 13.1. The first-order valence-corrected chi connectivity index (χ1v) is 7.02. The third-order valence-electron chi connectivity index (χ3n) is 2.94. The SMILES string of the molecule is CC(=O)Nc1cccc(OCCNc2ccc(C#N)cc2F)c1. The van der Waals surface area contributed by atoms with Crippen LogP contribution in [0.1, 0.15) is 12.5 Å². The van der Waals surface area contributed by atoms with Gasteiger partial charge in [-0.3, -0.25) is 4.79 Å². The van der Waals surface area contributed by atoms with Crippen molar-refractivity contribution in [2.24, 2.45) is 0 Å². The van der Waals surface area contributed by atoms with Gasteiger partial charge in [0.25, 0.3) is 0 Å². The number of nitriles is 1. The van der Waals surface area contributed by atoms with E-state index in [0.717, 1.165) is 0 Å². The normalized spacial score (nSPS) is 9.78. The molecular formula is C17H16FN3O2. The van der Waals surface area contributed by atoms with E-state index in [9.17, 15) is 9.18 Å². The van der Waals surface area contributed by atoms with Crippen LogP contribution >= 0.6 is 0 Å². The van der Waals surface area contributed by atoms with Gasteiger partial charge >= 0.3 is 0 Å². The van der Waals surface area contributed by atoms with E-state index in [1.165, 1.54) is 19.1 Å². The first-order chi connectivity index (χ1) is 11.1. The smallest absolute Gasteiger partial charge is 0.221 e. The summed E-state index contributed by atoms with van der Waals surface area (Å²) in [7, 11) is 0. The van der Waals surface area contributed by atoms with Gasteiger partial charge in [0, 0.05) is 25.2 Å². The molecule has 0 fully saturated rings. The summed E-state index contributed by atoms with van der Waals surface area (Å²) in [5.74, 6) is -0.0184. The maximum atomic E-state index is 13.7. The Morgan fingerprint density at radius 2 is 2.13 bits per heavy atom. The quantitative estimate of drug-likeness (QED) is 0.803. The van der Waals surface area contributed by atoms with Gasteiger partial charge < -0.3 is 15.4 Å². The topological polar surface area (TPSA) is 74.2 Å². The van der Waals surface area contributed by atoms with Crippen LogP contribution < -0.4 is 15.4 Å². The molecule has 0 unspecified atom stereocenters. The number of ether oxygens (including phenoxy) is 1. The number of rotatable bonds is 6. The fraction of sp³-hybridized carbons (Fsp3) is 0.176. The lowest BCUT2D eigenvalue weighted by Gasteiger charge is -2.10. The number of nitrogens with zero attached hydrogens (tertiary/aromatic N) is 1. The molecule has 0 aliphatic carbocycles. The largest absolute Gasteiger partial charge is 0.492 e. The van der Waals surface area contributed by atoms with Crippen molar-refractivity contribution in [1.29, 1.82) is 5.26 Å². The molecule has 0 spiro atoms. The molecule has 0 radical (unpaired) electrons. The summed E-state index contributed by atoms with van der Waals surface area (Å²) in [6.45, 7) is 2.15. The number of carbonyl (C=O) groups excluding carboxylic acids is 1. The maximum absolute atomic E-state index is 13.7. The summed E-state index contributed by atoms with van der Waals surface area (Å²) in [5.41, 5.74) is 1.25. The number of benzene rings is 2. The molecule has 0 heterocycles. The lowest BCUT2D eigenvalue weighted by atomic mass is 10.2. The summed E-state index contributed by atoms with van der Waals surface area (Å²) in [4.78, 5) is 11.0. The molecule has 0 aromatic heterocycles. The van der Waals surface area contributed by atoms with Gasteiger partial charge in [0.1, 0.15) is 18.2 Å². The van der Waals surface area contributed by atoms with Crippen LogP contribution in [0, 0.1) is 17.1 Å². The van der Waals surface area contributed by atoms with E-state index < -0.39 is 5.82 Å². The molecular weight excluding hydrogens is 297 g/mol. The molecule has 6 heteroatoms. The van der Waals surface area contributed by atoms with Crippen molar-refractivity contribution in [2.45, 2.75) is 6.92 Å². The molecule has 2 aromatic rings. The first kappa shape index (κ1) is 16.3. The van der Waals surface area contributed by atoms with E-state index >= 15 is 0 Å². The monoisotopic (exact) mass is 313 g/mol. The van der Waals surface area contributed by atoms with E-state index in [4.69, 9.17) is 10.00 Å². The predicted octanol–water partition coefficient (Wildman–Crippen LogP) is 3.15. The predicted molar refractivity (Wildman–Crippen MR) is 85.8 cm³/mol. The zero-order chi connectivity index (χ0) is 16.7. The third kappa shape index (κ3) is 5.00. The number of halogens is 1. The molecule has 0 atom stereocenters. The van der Waals surface area contributed by atoms with Crippen molar-refractivity contribution in [1.82, 2.24) is 0 Å². The van der Waals surface area contributed by atoms with Crippen LogP contribution in [-0.4, -0.2) is 19.1 Å². The minimum Gasteiger partial charge on any atom is -0.492 e. The van der Waals surface area contributed by atoms with Gasteiger partial charge in [0.2, 0.25) is 5.91 Å². The van der Waals surface area contributed by atoms with Gasteiger partial charge in [-0.25, -0.2) is 4.39 Å². The van der Waals surface area contributed by atoms with Crippen molar-refractivity contribution < 1.29 is 13.9 Å². The molecule has 2 aromatic carbocycles. The van der Waals surface area contributed by atoms with Crippen LogP contribution in [0.3, 0.4) is 0 Å². The highest BCUT2D eigenvalue weighted by Crippen LogP contribution is 2.18. The second kappa shape index (κ2) is 7.80. The summed E-state index contributed by atoms with van der Waals surface area (Å²) >= 11 is 0. The van der Waals surface area contributed by atoms with Crippen LogP contribution in [-0.2, 0) is 4.79 Å². The zero-order valence-electron chi connectivity index (χ0n) is 12.6. The fourth-order valence-corrected chi connectivity index (χ4v) is 1.95. The van der Waals surface area contributed by atoms with Crippen molar-refractivity contribution in [3.8, 4) is 11.8 Å². The third-order valence-corrected chi connectivity index (χ3v) is 2.94. The Morgan fingerprint density at radius 1 is 1.30 bits per heavy atom. The molecule has 0 saturated carbocycles. The molecule has 0 saturated heterocycles. The van der Waals surface area contributed by atoms with Gasteiger partial charge in [-0.15, -0.1) is 0 Å². The number of hydrogen-bond donors (Lipinski definition) is 2. The Bertz CT molecular complexity index is 741. The van der Waals surface area contributed by atoms with Gasteiger partial charge in [-0.05, 0) is 30.3 Å². The lowest BCUT2D eigenvalue weighted by molar-refractivity contribution is -0.114. The molecule has 0 aliphatic rings. The van der Waals surface area contributed by atoms with Gasteiger partial charge in [0.15, 0.2) is 0 Å². The number of amides is 1. The minimum atomic E-state index is -0.475. The minimum absolute atomic E-state index is 0.153. The first-order valence-electron chi connectivity index (χ1n) is 7.02. The Balaban J connectivity index is 1.84. The zero-order valence-corrected chi connectivity index (χ0v) is 12.6. The lowest BCUT2D eigenvalue weighted by Crippen LogP contribution is -2.12.